The monoisotopic (exact) mass is 367 g/mol. The van der Waals surface area contributed by atoms with Gasteiger partial charge in [0.2, 0.25) is 5.91 Å². The molecule has 0 bridgehead atoms. The number of piperidine rings is 2. The number of carbonyl (C=O) groups excluding carboxylic acids is 1. The minimum Gasteiger partial charge on any atom is -0.423 e. The summed E-state index contributed by atoms with van der Waals surface area (Å²) in [5.41, 5.74) is 1.74. The van der Waals surface area contributed by atoms with Crippen molar-refractivity contribution in [2.75, 3.05) is 24.5 Å². The zero-order valence-electron chi connectivity index (χ0n) is 16.0. The summed E-state index contributed by atoms with van der Waals surface area (Å²) < 4.78 is 5.91. The van der Waals surface area contributed by atoms with Crippen molar-refractivity contribution < 1.29 is 9.21 Å². The molecule has 5 nitrogen and oxygen atoms in total. The van der Waals surface area contributed by atoms with E-state index in [1.54, 1.807) is 0 Å². The standard InChI is InChI=1S/C22H29N3O2/c26-21(25-13-5-7-16-6-1-3-9-19(16)25)17-11-14-24(15-12-17)22-23-18-8-2-4-10-20(18)27-22/h2,4,8,10,16-17,19H,1,3,5-7,9,11-15H2. The van der Waals surface area contributed by atoms with E-state index in [1.165, 1.54) is 38.5 Å². The van der Waals surface area contributed by atoms with Crippen LogP contribution in [0.2, 0.25) is 0 Å². The lowest BCUT2D eigenvalue weighted by Gasteiger charge is -2.46. The van der Waals surface area contributed by atoms with Gasteiger partial charge in [0.1, 0.15) is 5.52 Å². The molecule has 3 aliphatic rings. The van der Waals surface area contributed by atoms with Crippen LogP contribution in [0.4, 0.5) is 6.01 Å². The summed E-state index contributed by atoms with van der Waals surface area (Å²) >= 11 is 0. The first kappa shape index (κ1) is 17.1. The van der Waals surface area contributed by atoms with E-state index in [9.17, 15) is 4.79 Å². The Morgan fingerprint density at radius 2 is 1.74 bits per heavy atom. The third kappa shape index (κ3) is 3.21. The van der Waals surface area contributed by atoms with Crippen molar-refractivity contribution in [3.8, 4) is 0 Å². The van der Waals surface area contributed by atoms with Gasteiger partial charge in [0.05, 0.1) is 0 Å². The fraction of sp³-hybridized carbons (Fsp3) is 0.636. The lowest BCUT2D eigenvalue weighted by Crippen LogP contribution is -2.52. The molecular formula is C22H29N3O2. The number of oxazole rings is 1. The maximum absolute atomic E-state index is 13.3. The number of amides is 1. The molecule has 1 aromatic carbocycles. The Morgan fingerprint density at radius 1 is 0.963 bits per heavy atom. The summed E-state index contributed by atoms with van der Waals surface area (Å²) in [5, 5.41) is 0. The lowest BCUT2D eigenvalue weighted by molar-refractivity contribution is -0.142. The Kier molecular flexibility index (Phi) is 4.54. The molecular weight excluding hydrogens is 338 g/mol. The highest BCUT2D eigenvalue weighted by molar-refractivity contribution is 5.80. The van der Waals surface area contributed by atoms with Crippen molar-refractivity contribution in [3.05, 3.63) is 24.3 Å². The van der Waals surface area contributed by atoms with Crippen LogP contribution >= 0.6 is 0 Å². The van der Waals surface area contributed by atoms with Crippen LogP contribution in [0.25, 0.3) is 11.1 Å². The molecule has 3 heterocycles. The predicted octanol–water partition coefficient (Wildman–Crippen LogP) is 4.23. The van der Waals surface area contributed by atoms with Crippen molar-refractivity contribution in [3.63, 3.8) is 0 Å². The van der Waals surface area contributed by atoms with E-state index in [1.807, 2.05) is 24.3 Å². The smallest absolute Gasteiger partial charge is 0.298 e. The summed E-state index contributed by atoms with van der Waals surface area (Å²) in [4.78, 5) is 22.3. The Morgan fingerprint density at radius 3 is 2.59 bits per heavy atom. The Hall–Kier alpha value is -2.04. The highest BCUT2D eigenvalue weighted by Gasteiger charge is 2.39. The molecule has 0 radical (unpaired) electrons. The first-order chi connectivity index (χ1) is 13.3. The second kappa shape index (κ2) is 7.17. The van der Waals surface area contributed by atoms with Gasteiger partial charge in [-0.15, -0.1) is 0 Å². The minimum atomic E-state index is 0.173. The van der Waals surface area contributed by atoms with Gasteiger partial charge in [-0.1, -0.05) is 25.0 Å². The summed E-state index contributed by atoms with van der Waals surface area (Å²) in [6.45, 7) is 2.68. The van der Waals surface area contributed by atoms with Crippen LogP contribution in [0.15, 0.2) is 28.7 Å². The molecule has 2 aliphatic heterocycles. The average Bonchev–Trinajstić information content (AvgIpc) is 3.17. The molecule has 3 fully saturated rings. The maximum Gasteiger partial charge on any atom is 0.298 e. The maximum atomic E-state index is 13.3. The molecule has 2 aromatic rings. The molecule has 5 heteroatoms. The number of hydrogen-bond acceptors (Lipinski definition) is 4. The van der Waals surface area contributed by atoms with Gasteiger partial charge >= 0.3 is 0 Å². The van der Waals surface area contributed by atoms with Crippen LogP contribution < -0.4 is 4.90 Å². The fourth-order valence-electron chi connectivity index (χ4n) is 5.45. The number of anilines is 1. The van der Waals surface area contributed by atoms with Gasteiger partial charge in [0.15, 0.2) is 5.58 Å². The third-order valence-corrected chi connectivity index (χ3v) is 6.92. The van der Waals surface area contributed by atoms with Gasteiger partial charge in [-0.2, -0.15) is 4.98 Å². The number of nitrogens with zero attached hydrogens (tertiary/aromatic N) is 3. The summed E-state index contributed by atoms with van der Waals surface area (Å²) in [6.07, 6.45) is 9.52. The summed E-state index contributed by atoms with van der Waals surface area (Å²) in [5.74, 6) is 1.35. The summed E-state index contributed by atoms with van der Waals surface area (Å²) in [6, 6.07) is 9.12. The Balaban J connectivity index is 1.24. The first-order valence-corrected chi connectivity index (χ1v) is 10.7. The van der Waals surface area contributed by atoms with Gasteiger partial charge in [0, 0.05) is 31.6 Å². The molecule has 1 aliphatic carbocycles. The average molecular weight is 367 g/mol. The first-order valence-electron chi connectivity index (χ1n) is 10.7. The molecule has 5 rings (SSSR count). The molecule has 0 N–H and O–H groups in total. The molecule has 1 saturated carbocycles. The Bertz CT molecular complexity index is 774. The normalized spacial score (nSPS) is 27.0. The SMILES string of the molecule is O=C(C1CCN(c2nc3ccccc3o2)CC1)N1CCCC2CCCCC21. The van der Waals surface area contributed by atoms with Crippen molar-refractivity contribution in [1.82, 2.24) is 9.88 Å². The molecule has 2 atom stereocenters. The van der Waals surface area contributed by atoms with Gasteiger partial charge in [-0.05, 0) is 56.6 Å². The predicted molar refractivity (Wildman–Crippen MR) is 106 cm³/mol. The molecule has 2 unspecified atom stereocenters. The number of hydrogen-bond donors (Lipinski definition) is 0. The van der Waals surface area contributed by atoms with Crippen molar-refractivity contribution in [1.29, 1.82) is 0 Å². The molecule has 0 spiro atoms. The van der Waals surface area contributed by atoms with E-state index in [4.69, 9.17) is 4.42 Å². The van der Waals surface area contributed by atoms with E-state index >= 15 is 0 Å². The fourth-order valence-corrected chi connectivity index (χ4v) is 5.45. The zero-order chi connectivity index (χ0) is 18.2. The van der Waals surface area contributed by atoms with Gasteiger partial charge in [0.25, 0.3) is 6.01 Å². The van der Waals surface area contributed by atoms with Gasteiger partial charge < -0.3 is 14.2 Å². The van der Waals surface area contributed by atoms with Crippen LogP contribution in [0.3, 0.4) is 0 Å². The van der Waals surface area contributed by atoms with Crippen molar-refractivity contribution in [2.45, 2.75) is 57.4 Å². The van der Waals surface area contributed by atoms with Crippen molar-refractivity contribution in [2.24, 2.45) is 11.8 Å². The molecule has 1 amide bonds. The van der Waals surface area contributed by atoms with Crippen LogP contribution in [0.5, 0.6) is 0 Å². The number of likely N-dealkylation sites (tertiary alicyclic amines) is 1. The molecule has 144 valence electrons. The number of rotatable bonds is 2. The molecule has 1 aromatic heterocycles. The lowest BCUT2D eigenvalue weighted by atomic mass is 9.77. The number of para-hydroxylation sites is 2. The Labute approximate surface area is 160 Å². The van der Waals surface area contributed by atoms with E-state index in [2.05, 4.69) is 14.8 Å². The van der Waals surface area contributed by atoms with Crippen LogP contribution in [0.1, 0.15) is 51.4 Å². The second-order valence-corrected chi connectivity index (χ2v) is 8.51. The second-order valence-electron chi connectivity index (χ2n) is 8.51. The molecule has 2 saturated heterocycles. The van der Waals surface area contributed by atoms with Gasteiger partial charge in [-0.25, -0.2) is 0 Å². The van der Waals surface area contributed by atoms with E-state index in [-0.39, 0.29) is 5.92 Å². The number of aromatic nitrogens is 1. The van der Waals surface area contributed by atoms with Crippen LogP contribution in [-0.4, -0.2) is 41.5 Å². The molecule has 27 heavy (non-hydrogen) atoms. The van der Waals surface area contributed by atoms with E-state index in [0.29, 0.717) is 18.0 Å². The van der Waals surface area contributed by atoms with Crippen molar-refractivity contribution >= 4 is 23.0 Å². The number of carbonyl (C=O) groups is 1. The van der Waals surface area contributed by atoms with Gasteiger partial charge in [-0.3, -0.25) is 4.79 Å². The quantitative estimate of drug-likeness (QED) is 0.797. The largest absolute Gasteiger partial charge is 0.423 e. The minimum absolute atomic E-state index is 0.173. The topological polar surface area (TPSA) is 49.6 Å². The summed E-state index contributed by atoms with van der Waals surface area (Å²) in [7, 11) is 0. The third-order valence-electron chi connectivity index (χ3n) is 6.92. The van der Waals surface area contributed by atoms with Crippen LogP contribution in [0, 0.1) is 11.8 Å². The zero-order valence-corrected chi connectivity index (χ0v) is 16.0. The van der Waals surface area contributed by atoms with E-state index < -0.39 is 0 Å². The highest BCUT2D eigenvalue weighted by Crippen LogP contribution is 2.37. The number of fused-ring (bicyclic) bond motifs is 2. The number of benzene rings is 1. The van der Waals surface area contributed by atoms with E-state index in [0.717, 1.165) is 49.5 Å². The van der Waals surface area contributed by atoms with Crippen LogP contribution in [-0.2, 0) is 4.79 Å². The highest BCUT2D eigenvalue weighted by atomic mass is 16.4.